The molecule has 3 aromatic rings. The van der Waals surface area contributed by atoms with Gasteiger partial charge in [0.05, 0.1) is 30.2 Å². The van der Waals surface area contributed by atoms with Crippen molar-refractivity contribution in [1.82, 2.24) is 29.5 Å². The fourth-order valence-corrected chi connectivity index (χ4v) is 2.55. The third kappa shape index (κ3) is 2.25. The van der Waals surface area contributed by atoms with Crippen LogP contribution in [0.5, 0.6) is 0 Å². The predicted molar refractivity (Wildman–Crippen MR) is 78.2 cm³/mol. The topological polar surface area (TPSA) is 84.6 Å². The van der Waals surface area contributed by atoms with E-state index in [-0.39, 0.29) is 6.61 Å². The molecule has 7 nitrogen and oxygen atoms in total. The molecule has 0 aliphatic heterocycles. The van der Waals surface area contributed by atoms with E-state index in [9.17, 15) is 0 Å². The first kappa shape index (κ1) is 13.6. The summed E-state index contributed by atoms with van der Waals surface area (Å²) in [4.78, 5) is 4.41. The first-order valence-corrected chi connectivity index (χ1v) is 6.82. The lowest BCUT2D eigenvalue weighted by Gasteiger charge is -2.07. The zero-order valence-electron chi connectivity index (χ0n) is 12.3. The smallest absolute Gasteiger partial charge is 0.165 e. The molecule has 3 aromatic heterocycles. The lowest BCUT2D eigenvalue weighted by molar-refractivity contribution is 0.268. The number of nitrogens with zero attached hydrogens (tertiary/aromatic N) is 5. The summed E-state index contributed by atoms with van der Waals surface area (Å²) in [5.41, 5.74) is 4.66. The second-order valence-corrected chi connectivity index (χ2v) is 5.02. The van der Waals surface area contributed by atoms with Crippen LogP contribution in [0, 0.1) is 20.8 Å². The van der Waals surface area contributed by atoms with Crippen LogP contribution in [0.4, 0.5) is 0 Å². The second kappa shape index (κ2) is 5.17. The second-order valence-electron chi connectivity index (χ2n) is 5.02. The average Bonchev–Trinajstić information content (AvgIpc) is 3.12. The molecule has 0 aliphatic rings. The van der Waals surface area contributed by atoms with Crippen LogP contribution in [0.25, 0.3) is 17.2 Å². The van der Waals surface area contributed by atoms with Gasteiger partial charge >= 0.3 is 0 Å². The Morgan fingerprint density at radius 1 is 1.29 bits per heavy atom. The van der Waals surface area contributed by atoms with Crippen LogP contribution in [0.3, 0.4) is 0 Å². The van der Waals surface area contributed by atoms with Crippen molar-refractivity contribution in [3.05, 3.63) is 35.5 Å². The monoisotopic (exact) mass is 286 g/mol. The lowest BCUT2D eigenvalue weighted by atomic mass is 10.3. The Hall–Kier alpha value is -2.41. The van der Waals surface area contributed by atoms with E-state index in [0.717, 1.165) is 34.3 Å². The van der Waals surface area contributed by atoms with Gasteiger partial charge in [0, 0.05) is 18.1 Å². The molecule has 7 heteroatoms. The molecule has 0 bridgehead atoms. The standard InChI is InChI=1S/C14H18N6O/c1-9-8-12(17-16-9)14-15-4-5-19(14)13-10(2)18-20(6-7-21)11(13)3/h4-5,8,21H,6-7H2,1-3H3,(H,16,17). The molecule has 0 fully saturated rings. The number of H-pyrrole nitrogens is 1. The number of aliphatic hydroxyl groups excluding tert-OH is 1. The van der Waals surface area contributed by atoms with Crippen molar-refractivity contribution in [1.29, 1.82) is 0 Å². The highest BCUT2D eigenvalue weighted by Crippen LogP contribution is 2.24. The van der Waals surface area contributed by atoms with E-state index in [1.54, 1.807) is 6.20 Å². The molecule has 21 heavy (non-hydrogen) atoms. The third-order valence-electron chi connectivity index (χ3n) is 3.47. The highest BCUT2D eigenvalue weighted by molar-refractivity contribution is 5.56. The van der Waals surface area contributed by atoms with Crippen LogP contribution in [-0.4, -0.2) is 41.2 Å². The summed E-state index contributed by atoms with van der Waals surface area (Å²) < 4.78 is 3.80. The summed E-state index contributed by atoms with van der Waals surface area (Å²) in [7, 11) is 0. The van der Waals surface area contributed by atoms with Crippen LogP contribution in [0.2, 0.25) is 0 Å². The molecular weight excluding hydrogens is 268 g/mol. The molecule has 0 amide bonds. The number of nitrogens with one attached hydrogen (secondary N) is 1. The van der Waals surface area contributed by atoms with Gasteiger partial charge in [-0.1, -0.05) is 0 Å². The number of rotatable bonds is 4. The minimum absolute atomic E-state index is 0.0662. The highest BCUT2D eigenvalue weighted by Gasteiger charge is 2.18. The van der Waals surface area contributed by atoms with Crippen molar-refractivity contribution in [2.45, 2.75) is 27.3 Å². The van der Waals surface area contributed by atoms with Crippen LogP contribution < -0.4 is 0 Å². The van der Waals surface area contributed by atoms with Gasteiger partial charge in [-0.05, 0) is 26.8 Å². The maximum Gasteiger partial charge on any atom is 0.165 e. The average molecular weight is 286 g/mol. The summed E-state index contributed by atoms with van der Waals surface area (Å²) in [6.07, 6.45) is 3.65. The summed E-state index contributed by atoms with van der Waals surface area (Å²) in [5.74, 6) is 0.772. The molecule has 3 heterocycles. The van der Waals surface area contributed by atoms with E-state index in [2.05, 4.69) is 20.3 Å². The molecule has 0 saturated heterocycles. The minimum Gasteiger partial charge on any atom is -0.394 e. The van der Waals surface area contributed by atoms with E-state index in [0.29, 0.717) is 6.54 Å². The number of hydrogen-bond acceptors (Lipinski definition) is 4. The molecule has 0 spiro atoms. The Labute approximate surface area is 122 Å². The van der Waals surface area contributed by atoms with Gasteiger partial charge < -0.3 is 5.11 Å². The van der Waals surface area contributed by atoms with E-state index in [4.69, 9.17) is 5.11 Å². The van der Waals surface area contributed by atoms with Crippen LogP contribution in [-0.2, 0) is 6.54 Å². The summed E-state index contributed by atoms with van der Waals surface area (Å²) in [6, 6.07) is 1.96. The maximum atomic E-state index is 9.12. The molecule has 2 N–H and O–H groups in total. The Balaban J connectivity index is 2.12. The predicted octanol–water partition coefficient (Wildman–Crippen LogP) is 1.38. The number of aromatic amines is 1. The van der Waals surface area contributed by atoms with E-state index in [1.165, 1.54) is 0 Å². The molecule has 110 valence electrons. The van der Waals surface area contributed by atoms with Gasteiger partial charge in [-0.2, -0.15) is 10.2 Å². The fraction of sp³-hybridized carbons (Fsp3) is 0.357. The normalized spacial score (nSPS) is 11.2. The molecule has 3 rings (SSSR count). The quantitative estimate of drug-likeness (QED) is 0.758. The Morgan fingerprint density at radius 2 is 2.10 bits per heavy atom. The number of imidazole rings is 1. The lowest BCUT2D eigenvalue weighted by Crippen LogP contribution is -2.06. The number of aromatic nitrogens is 6. The van der Waals surface area contributed by atoms with E-state index in [1.807, 2.05) is 42.3 Å². The minimum atomic E-state index is 0.0662. The number of aryl methyl sites for hydroxylation is 2. The van der Waals surface area contributed by atoms with Crippen molar-refractivity contribution in [3.8, 4) is 17.2 Å². The van der Waals surface area contributed by atoms with Crippen molar-refractivity contribution in [3.63, 3.8) is 0 Å². The molecule has 0 atom stereocenters. The Kier molecular flexibility index (Phi) is 3.34. The molecule has 0 unspecified atom stereocenters. The number of aliphatic hydroxyl groups is 1. The van der Waals surface area contributed by atoms with Gasteiger partial charge in [-0.3, -0.25) is 14.3 Å². The first-order valence-electron chi connectivity index (χ1n) is 6.82. The summed E-state index contributed by atoms with van der Waals surface area (Å²) in [5, 5.41) is 20.8. The molecule has 0 radical (unpaired) electrons. The van der Waals surface area contributed by atoms with Gasteiger partial charge in [-0.15, -0.1) is 0 Å². The van der Waals surface area contributed by atoms with Crippen molar-refractivity contribution >= 4 is 0 Å². The fourth-order valence-electron chi connectivity index (χ4n) is 2.55. The maximum absolute atomic E-state index is 9.12. The molecular formula is C14H18N6O. The summed E-state index contributed by atoms with van der Waals surface area (Å²) >= 11 is 0. The van der Waals surface area contributed by atoms with Crippen molar-refractivity contribution < 1.29 is 5.11 Å². The van der Waals surface area contributed by atoms with E-state index >= 15 is 0 Å². The molecule has 0 aliphatic carbocycles. The first-order chi connectivity index (χ1) is 10.1. The Morgan fingerprint density at radius 3 is 2.76 bits per heavy atom. The van der Waals surface area contributed by atoms with E-state index < -0.39 is 0 Å². The zero-order chi connectivity index (χ0) is 15.0. The van der Waals surface area contributed by atoms with Crippen molar-refractivity contribution in [2.24, 2.45) is 0 Å². The van der Waals surface area contributed by atoms with Gasteiger partial charge in [0.2, 0.25) is 0 Å². The number of hydrogen-bond donors (Lipinski definition) is 2. The van der Waals surface area contributed by atoms with Crippen LogP contribution in [0.1, 0.15) is 17.1 Å². The van der Waals surface area contributed by atoms with Crippen LogP contribution in [0.15, 0.2) is 18.5 Å². The van der Waals surface area contributed by atoms with Crippen molar-refractivity contribution in [2.75, 3.05) is 6.61 Å². The molecule has 0 saturated carbocycles. The SMILES string of the molecule is Cc1cc(-c2nccn2-c2c(C)nn(CCO)c2C)n[nH]1. The van der Waals surface area contributed by atoms with Gasteiger partial charge in [-0.25, -0.2) is 4.98 Å². The van der Waals surface area contributed by atoms with Crippen LogP contribution >= 0.6 is 0 Å². The third-order valence-corrected chi connectivity index (χ3v) is 3.47. The van der Waals surface area contributed by atoms with Gasteiger partial charge in [0.1, 0.15) is 5.69 Å². The zero-order valence-corrected chi connectivity index (χ0v) is 12.3. The Bertz CT molecular complexity index is 766. The highest BCUT2D eigenvalue weighted by atomic mass is 16.3. The largest absolute Gasteiger partial charge is 0.394 e. The van der Waals surface area contributed by atoms with Gasteiger partial charge in [0.15, 0.2) is 5.82 Å². The van der Waals surface area contributed by atoms with Gasteiger partial charge in [0.25, 0.3) is 0 Å². The molecule has 0 aromatic carbocycles. The summed E-state index contributed by atoms with van der Waals surface area (Å²) in [6.45, 7) is 6.45.